The lowest BCUT2D eigenvalue weighted by Crippen LogP contribution is -2.39. The molecule has 26 heavy (non-hydrogen) atoms. The summed E-state index contributed by atoms with van der Waals surface area (Å²) < 4.78 is 24.1. The van der Waals surface area contributed by atoms with E-state index in [0.29, 0.717) is 43.0 Å². The van der Waals surface area contributed by atoms with Crippen molar-refractivity contribution in [2.75, 3.05) is 20.2 Å². The molecule has 1 saturated heterocycles. The van der Waals surface area contributed by atoms with Crippen molar-refractivity contribution >= 4 is 18.0 Å². The summed E-state index contributed by atoms with van der Waals surface area (Å²) in [6, 6.07) is 9.72. The van der Waals surface area contributed by atoms with Crippen LogP contribution in [0.2, 0.25) is 0 Å². The maximum atomic E-state index is 13.8. The van der Waals surface area contributed by atoms with Crippen LogP contribution in [0.1, 0.15) is 18.6 Å². The van der Waals surface area contributed by atoms with E-state index in [9.17, 15) is 14.0 Å². The monoisotopic (exact) mass is 357 g/mol. The summed E-state index contributed by atoms with van der Waals surface area (Å²) in [6.45, 7) is 1.03. The second-order valence-corrected chi connectivity index (χ2v) is 6.14. The first-order chi connectivity index (χ1) is 12.6. The Morgan fingerprint density at radius 3 is 2.62 bits per heavy atom. The van der Waals surface area contributed by atoms with E-state index < -0.39 is 0 Å². The molecule has 1 aromatic carbocycles. The predicted molar refractivity (Wildman–Crippen MR) is 94.5 cm³/mol. The summed E-state index contributed by atoms with van der Waals surface area (Å²) in [6.07, 6.45) is 4.20. The largest absolute Gasteiger partial charge is 0.469 e. The van der Waals surface area contributed by atoms with Gasteiger partial charge in [0.25, 0.3) is 0 Å². The van der Waals surface area contributed by atoms with E-state index in [1.54, 1.807) is 41.3 Å². The zero-order valence-corrected chi connectivity index (χ0v) is 14.5. The van der Waals surface area contributed by atoms with Crippen molar-refractivity contribution in [3.8, 4) is 11.3 Å². The average molecular weight is 357 g/mol. The van der Waals surface area contributed by atoms with Gasteiger partial charge in [-0.05, 0) is 43.2 Å². The number of methoxy groups -OCH3 is 1. The van der Waals surface area contributed by atoms with Gasteiger partial charge in [-0.25, -0.2) is 4.39 Å². The zero-order chi connectivity index (χ0) is 18.5. The molecule has 0 unspecified atom stereocenters. The van der Waals surface area contributed by atoms with Gasteiger partial charge in [0.1, 0.15) is 17.3 Å². The lowest BCUT2D eigenvalue weighted by atomic mass is 9.97. The Bertz CT molecular complexity index is 819. The minimum absolute atomic E-state index is 0.138. The molecular formula is C20H20FNO4. The first-order valence-electron chi connectivity index (χ1n) is 8.48. The molecule has 1 aliphatic heterocycles. The van der Waals surface area contributed by atoms with Crippen LogP contribution in [-0.2, 0) is 14.3 Å². The van der Waals surface area contributed by atoms with Crippen LogP contribution in [0.25, 0.3) is 17.4 Å². The summed E-state index contributed by atoms with van der Waals surface area (Å²) >= 11 is 0. The van der Waals surface area contributed by atoms with Gasteiger partial charge in [0, 0.05) is 19.2 Å². The van der Waals surface area contributed by atoms with Crippen molar-refractivity contribution in [1.29, 1.82) is 0 Å². The molecular weight excluding hydrogens is 337 g/mol. The van der Waals surface area contributed by atoms with Gasteiger partial charge in [0.2, 0.25) is 5.91 Å². The molecule has 0 spiro atoms. The molecule has 1 amide bonds. The predicted octanol–water partition coefficient (Wildman–Crippen LogP) is 3.51. The van der Waals surface area contributed by atoms with Crippen molar-refractivity contribution in [1.82, 2.24) is 4.90 Å². The van der Waals surface area contributed by atoms with Crippen LogP contribution < -0.4 is 0 Å². The van der Waals surface area contributed by atoms with E-state index in [1.807, 2.05) is 0 Å². The standard InChI is InChI=1S/C20H20FNO4/c1-25-20(24)14-10-12-22(13-11-14)19(23)9-7-15-6-8-18(26-15)16-4-2-3-5-17(16)21/h2-9,14H,10-13H2,1H3. The molecule has 3 rings (SSSR count). The van der Waals surface area contributed by atoms with Gasteiger partial charge in [-0.15, -0.1) is 0 Å². The third-order valence-electron chi connectivity index (χ3n) is 4.50. The summed E-state index contributed by atoms with van der Waals surface area (Å²) in [5, 5.41) is 0. The van der Waals surface area contributed by atoms with Gasteiger partial charge < -0.3 is 14.1 Å². The Hall–Kier alpha value is -2.89. The fraction of sp³-hybridized carbons (Fsp3) is 0.300. The number of piperidine rings is 1. The summed E-state index contributed by atoms with van der Waals surface area (Å²) in [7, 11) is 1.38. The number of likely N-dealkylation sites (tertiary alicyclic amines) is 1. The topological polar surface area (TPSA) is 59.8 Å². The maximum Gasteiger partial charge on any atom is 0.308 e. The second kappa shape index (κ2) is 7.99. The van der Waals surface area contributed by atoms with E-state index in [2.05, 4.69) is 0 Å². The van der Waals surface area contributed by atoms with E-state index in [4.69, 9.17) is 9.15 Å². The highest BCUT2D eigenvalue weighted by Gasteiger charge is 2.27. The molecule has 2 aromatic rings. The van der Waals surface area contributed by atoms with Crippen LogP contribution >= 0.6 is 0 Å². The van der Waals surface area contributed by atoms with Crippen molar-refractivity contribution in [2.45, 2.75) is 12.8 Å². The summed E-state index contributed by atoms with van der Waals surface area (Å²) in [4.78, 5) is 25.5. The normalized spacial score (nSPS) is 15.4. The van der Waals surface area contributed by atoms with Crippen LogP contribution in [0.5, 0.6) is 0 Å². The molecule has 1 aromatic heterocycles. The quantitative estimate of drug-likeness (QED) is 0.621. The first-order valence-corrected chi connectivity index (χ1v) is 8.48. The number of carbonyl (C=O) groups excluding carboxylic acids is 2. The second-order valence-electron chi connectivity index (χ2n) is 6.14. The highest BCUT2D eigenvalue weighted by molar-refractivity contribution is 5.91. The Labute approximate surface area is 151 Å². The third kappa shape index (κ3) is 4.02. The number of esters is 1. The molecule has 2 heterocycles. The van der Waals surface area contributed by atoms with Crippen LogP contribution in [0.4, 0.5) is 4.39 Å². The molecule has 0 aliphatic carbocycles. The zero-order valence-electron chi connectivity index (χ0n) is 14.5. The number of ether oxygens (including phenoxy) is 1. The number of benzene rings is 1. The molecule has 1 aliphatic rings. The molecule has 1 fully saturated rings. The van der Waals surface area contributed by atoms with Crippen LogP contribution in [0.15, 0.2) is 46.9 Å². The number of hydrogen-bond donors (Lipinski definition) is 0. The minimum Gasteiger partial charge on any atom is -0.469 e. The third-order valence-corrected chi connectivity index (χ3v) is 4.50. The molecule has 5 nitrogen and oxygen atoms in total. The van der Waals surface area contributed by atoms with E-state index in [-0.39, 0.29) is 23.6 Å². The van der Waals surface area contributed by atoms with Gasteiger partial charge in [-0.3, -0.25) is 9.59 Å². The summed E-state index contributed by atoms with van der Waals surface area (Å²) in [5.41, 5.74) is 0.378. The highest BCUT2D eigenvalue weighted by atomic mass is 19.1. The van der Waals surface area contributed by atoms with Crippen LogP contribution in [-0.4, -0.2) is 37.0 Å². The van der Waals surface area contributed by atoms with Crippen molar-refractivity contribution in [2.24, 2.45) is 5.92 Å². The van der Waals surface area contributed by atoms with E-state index in [1.165, 1.54) is 19.3 Å². The molecule has 0 atom stereocenters. The van der Waals surface area contributed by atoms with Crippen molar-refractivity contribution in [3.05, 3.63) is 54.1 Å². The minimum atomic E-state index is -0.359. The average Bonchev–Trinajstić information content (AvgIpc) is 3.14. The number of hydrogen-bond acceptors (Lipinski definition) is 4. The smallest absolute Gasteiger partial charge is 0.308 e. The van der Waals surface area contributed by atoms with Gasteiger partial charge in [0.15, 0.2) is 0 Å². The van der Waals surface area contributed by atoms with Crippen molar-refractivity contribution in [3.63, 3.8) is 0 Å². The van der Waals surface area contributed by atoms with Gasteiger partial charge in [-0.2, -0.15) is 0 Å². The van der Waals surface area contributed by atoms with Crippen molar-refractivity contribution < 1.29 is 23.1 Å². The number of amides is 1. The Balaban J connectivity index is 1.60. The Kier molecular flexibility index (Phi) is 5.51. The number of rotatable bonds is 4. The fourth-order valence-electron chi connectivity index (χ4n) is 3.01. The SMILES string of the molecule is COC(=O)C1CCN(C(=O)C=Cc2ccc(-c3ccccc3F)o2)CC1. The Morgan fingerprint density at radius 2 is 1.92 bits per heavy atom. The molecule has 0 radical (unpaired) electrons. The number of furan rings is 1. The van der Waals surface area contributed by atoms with Gasteiger partial charge in [0.05, 0.1) is 18.6 Å². The lowest BCUT2D eigenvalue weighted by molar-refractivity contribution is -0.148. The number of nitrogens with zero attached hydrogens (tertiary/aromatic N) is 1. The van der Waals surface area contributed by atoms with Gasteiger partial charge in [-0.1, -0.05) is 12.1 Å². The lowest BCUT2D eigenvalue weighted by Gasteiger charge is -2.29. The molecule has 136 valence electrons. The van der Waals surface area contributed by atoms with Gasteiger partial charge >= 0.3 is 5.97 Å². The maximum absolute atomic E-state index is 13.8. The first kappa shape index (κ1) is 17.9. The van der Waals surface area contributed by atoms with E-state index in [0.717, 1.165) is 0 Å². The van der Waals surface area contributed by atoms with Crippen LogP contribution in [0.3, 0.4) is 0 Å². The molecule has 6 heteroatoms. The van der Waals surface area contributed by atoms with E-state index >= 15 is 0 Å². The summed E-state index contributed by atoms with van der Waals surface area (Å²) in [5.74, 6) is 0.0274. The highest BCUT2D eigenvalue weighted by Crippen LogP contribution is 2.25. The molecule has 0 saturated carbocycles. The fourth-order valence-corrected chi connectivity index (χ4v) is 3.01. The molecule has 0 bridgehead atoms. The number of carbonyl (C=O) groups is 2. The number of halogens is 1. The molecule has 0 N–H and O–H groups in total. The van der Waals surface area contributed by atoms with Crippen LogP contribution in [0, 0.1) is 11.7 Å². The Morgan fingerprint density at radius 1 is 1.19 bits per heavy atom.